The van der Waals surface area contributed by atoms with Gasteiger partial charge in [0, 0.05) is 7.05 Å². The highest BCUT2D eigenvalue weighted by molar-refractivity contribution is 7.52. The molecule has 45 heavy (non-hydrogen) atoms. The molecule has 2 saturated carbocycles. The Bertz CT molecular complexity index is 892. The third-order valence-corrected chi connectivity index (χ3v) is 8.87. The van der Waals surface area contributed by atoms with Crippen LogP contribution in [0.2, 0.25) is 0 Å². The summed E-state index contributed by atoms with van der Waals surface area (Å²) >= 11 is 0. The SMILES string of the molecule is CCCCOC(=O)CN(C)/C(N)=N/P(=O)(OCCCCOC(=O)OC1CCCCC1)OCCCCOC(=O)OC1CCCCC1. The van der Waals surface area contributed by atoms with Crippen LogP contribution in [0.3, 0.4) is 0 Å². The van der Waals surface area contributed by atoms with Crippen LogP contribution in [0.1, 0.15) is 110 Å². The second-order valence-corrected chi connectivity index (χ2v) is 13.0. The van der Waals surface area contributed by atoms with E-state index in [-0.39, 0.29) is 51.1 Å². The molecule has 0 aromatic rings. The lowest BCUT2D eigenvalue weighted by molar-refractivity contribution is -0.143. The molecule has 14 nitrogen and oxygen atoms in total. The van der Waals surface area contributed by atoms with Gasteiger partial charge in [-0.1, -0.05) is 26.2 Å². The third-order valence-electron chi connectivity index (χ3n) is 7.40. The highest BCUT2D eigenvalue weighted by Gasteiger charge is 2.26. The average molecular weight is 664 g/mol. The van der Waals surface area contributed by atoms with Gasteiger partial charge < -0.3 is 34.3 Å². The first-order valence-electron chi connectivity index (χ1n) is 16.5. The number of nitrogens with two attached hydrogens (primary N) is 1. The minimum Gasteiger partial charge on any atom is -0.464 e. The number of unbranched alkanes of at least 4 members (excludes halogenated alkanes) is 3. The van der Waals surface area contributed by atoms with Crippen LogP contribution in [0, 0.1) is 0 Å². The monoisotopic (exact) mass is 663 g/mol. The summed E-state index contributed by atoms with van der Waals surface area (Å²) in [4.78, 5) is 37.2. The van der Waals surface area contributed by atoms with E-state index in [0.29, 0.717) is 32.3 Å². The van der Waals surface area contributed by atoms with Crippen molar-refractivity contribution < 1.29 is 51.7 Å². The number of rotatable bonds is 20. The molecule has 2 rings (SSSR count). The number of carbonyl (C=O) groups is 3. The lowest BCUT2D eigenvalue weighted by Crippen LogP contribution is -2.38. The van der Waals surface area contributed by atoms with Crippen molar-refractivity contribution in [1.29, 1.82) is 0 Å². The fraction of sp³-hybridized carbons (Fsp3) is 0.867. The van der Waals surface area contributed by atoms with E-state index in [1.54, 1.807) is 0 Å². The summed E-state index contributed by atoms with van der Waals surface area (Å²) in [5.74, 6) is -0.710. The molecule has 0 aromatic heterocycles. The normalized spacial score (nSPS) is 16.5. The van der Waals surface area contributed by atoms with Crippen LogP contribution in [0.4, 0.5) is 9.59 Å². The number of esters is 1. The van der Waals surface area contributed by atoms with Crippen LogP contribution in [-0.2, 0) is 42.1 Å². The molecular formula is C30H54N3O11P. The third kappa shape index (κ3) is 18.2. The fourth-order valence-corrected chi connectivity index (χ4v) is 6.05. The summed E-state index contributed by atoms with van der Waals surface area (Å²) in [7, 11) is -2.57. The molecule has 0 bridgehead atoms. The number of ether oxygens (including phenoxy) is 5. The number of hydrogen-bond donors (Lipinski definition) is 1. The lowest BCUT2D eigenvalue weighted by atomic mass is 9.98. The molecule has 260 valence electrons. The van der Waals surface area contributed by atoms with E-state index in [0.717, 1.165) is 77.0 Å². The molecular weight excluding hydrogens is 609 g/mol. The molecule has 0 radical (unpaired) electrons. The molecule has 0 aromatic carbocycles. The average Bonchev–Trinajstić information content (AvgIpc) is 3.01. The number of nitrogens with zero attached hydrogens (tertiary/aromatic N) is 2. The zero-order chi connectivity index (χ0) is 32.8. The van der Waals surface area contributed by atoms with E-state index in [4.69, 9.17) is 38.5 Å². The summed E-state index contributed by atoms with van der Waals surface area (Å²) in [5.41, 5.74) is 6.02. The van der Waals surface area contributed by atoms with Crippen molar-refractivity contribution in [3.8, 4) is 0 Å². The maximum absolute atomic E-state index is 13.5. The fourth-order valence-electron chi connectivity index (χ4n) is 4.73. The van der Waals surface area contributed by atoms with Crippen LogP contribution in [0.5, 0.6) is 0 Å². The number of hydrogen-bond acceptors (Lipinski definition) is 11. The summed E-state index contributed by atoms with van der Waals surface area (Å²) in [6.07, 6.45) is 11.7. The quantitative estimate of drug-likeness (QED) is 0.0387. The molecule has 0 atom stereocenters. The van der Waals surface area contributed by atoms with Gasteiger partial charge in [-0.05, 0) is 83.5 Å². The minimum absolute atomic E-state index is 0.00597. The van der Waals surface area contributed by atoms with E-state index in [1.807, 2.05) is 6.92 Å². The smallest absolute Gasteiger partial charge is 0.464 e. The van der Waals surface area contributed by atoms with Crippen LogP contribution in [0.15, 0.2) is 4.76 Å². The molecule has 0 heterocycles. The van der Waals surface area contributed by atoms with Gasteiger partial charge in [0.25, 0.3) is 0 Å². The Labute approximate surface area is 267 Å². The predicted octanol–water partition coefficient (Wildman–Crippen LogP) is 6.25. The Hall–Kier alpha value is -2.57. The molecule has 0 amide bonds. The standard InChI is InChI=1S/C30H54N3O11P/c1-3-4-19-38-27(34)24-33(2)28(31)32-45(37,41-22-13-11-20-39-29(35)43-25-15-7-5-8-16-25)42-23-14-12-21-40-30(36)44-26-17-9-6-10-18-26/h25-26H,3-24H2,1-2H3,(H2,31,32,37). The van der Waals surface area contributed by atoms with Gasteiger partial charge >= 0.3 is 26.0 Å². The number of carbonyl (C=O) groups excluding carboxylic acids is 3. The minimum atomic E-state index is -4.08. The molecule has 15 heteroatoms. The van der Waals surface area contributed by atoms with E-state index in [2.05, 4.69) is 4.76 Å². The van der Waals surface area contributed by atoms with Gasteiger partial charge in [-0.2, -0.15) is 0 Å². The Balaban J connectivity index is 1.77. The topological polar surface area (TPSA) is 175 Å². The molecule has 2 fully saturated rings. The Morgan fingerprint density at radius 2 is 1.16 bits per heavy atom. The van der Waals surface area contributed by atoms with E-state index < -0.39 is 26.0 Å². The maximum Gasteiger partial charge on any atom is 0.508 e. The first kappa shape index (κ1) is 38.6. The van der Waals surface area contributed by atoms with Gasteiger partial charge in [0.15, 0.2) is 0 Å². The summed E-state index contributed by atoms with van der Waals surface area (Å²) in [5, 5.41) is 0. The molecule has 0 aliphatic heterocycles. The maximum atomic E-state index is 13.5. The van der Waals surface area contributed by atoms with Gasteiger partial charge in [-0.25, -0.2) is 14.2 Å². The van der Waals surface area contributed by atoms with E-state index in [9.17, 15) is 18.9 Å². The first-order chi connectivity index (χ1) is 21.7. The van der Waals surface area contributed by atoms with Gasteiger partial charge in [-0.15, -0.1) is 4.76 Å². The second kappa shape index (κ2) is 22.9. The molecule has 0 spiro atoms. The highest BCUT2D eigenvalue weighted by atomic mass is 31.2. The van der Waals surface area contributed by atoms with Crippen LogP contribution in [-0.4, -0.2) is 88.0 Å². The largest absolute Gasteiger partial charge is 0.508 e. The number of likely N-dealkylation sites (N-methyl/N-ethyl adjacent to an activating group) is 1. The van der Waals surface area contributed by atoms with Crippen molar-refractivity contribution in [2.45, 2.75) is 122 Å². The van der Waals surface area contributed by atoms with Crippen molar-refractivity contribution in [2.24, 2.45) is 10.5 Å². The Morgan fingerprint density at radius 3 is 1.62 bits per heavy atom. The van der Waals surface area contributed by atoms with Crippen LogP contribution < -0.4 is 5.73 Å². The zero-order valence-electron chi connectivity index (χ0n) is 27.1. The van der Waals surface area contributed by atoms with Gasteiger partial charge in [0.05, 0.1) is 33.0 Å². The Morgan fingerprint density at radius 1 is 0.711 bits per heavy atom. The zero-order valence-corrected chi connectivity index (χ0v) is 28.0. The molecule has 2 N–H and O–H groups in total. The summed E-state index contributed by atoms with van der Waals surface area (Å²) in [6, 6.07) is 0. The van der Waals surface area contributed by atoms with Crippen molar-refractivity contribution in [1.82, 2.24) is 4.90 Å². The molecule has 2 aliphatic rings. The Kier molecular flexibility index (Phi) is 19.6. The van der Waals surface area contributed by atoms with Crippen molar-refractivity contribution in [3.05, 3.63) is 0 Å². The summed E-state index contributed by atoms with van der Waals surface area (Å²) in [6.45, 7) is 2.33. The first-order valence-corrected chi connectivity index (χ1v) is 18.0. The second-order valence-electron chi connectivity index (χ2n) is 11.4. The van der Waals surface area contributed by atoms with Crippen molar-refractivity contribution >= 4 is 32.0 Å². The molecule has 0 unspecified atom stereocenters. The highest BCUT2D eigenvalue weighted by Crippen LogP contribution is 2.50. The van der Waals surface area contributed by atoms with Gasteiger partial charge in [-0.3, -0.25) is 13.8 Å². The van der Waals surface area contributed by atoms with Crippen molar-refractivity contribution in [3.63, 3.8) is 0 Å². The van der Waals surface area contributed by atoms with Gasteiger partial charge in [0.2, 0.25) is 5.96 Å². The summed E-state index contributed by atoms with van der Waals surface area (Å²) < 4.78 is 54.7. The van der Waals surface area contributed by atoms with Crippen LogP contribution >= 0.6 is 7.75 Å². The van der Waals surface area contributed by atoms with Crippen molar-refractivity contribution in [2.75, 3.05) is 46.6 Å². The number of guanidine groups is 1. The lowest BCUT2D eigenvalue weighted by Gasteiger charge is -2.21. The molecule has 2 aliphatic carbocycles. The van der Waals surface area contributed by atoms with E-state index in [1.165, 1.54) is 11.9 Å². The molecule has 0 saturated heterocycles. The predicted molar refractivity (Wildman–Crippen MR) is 167 cm³/mol. The van der Waals surface area contributed by atoms with E-state index >= 15 is 0 Å². The van der Waals surface area contributed by atoms with Crippen LogP contribution in [0.25, 0.3) is 0 Å². The van der Waals surface area contributed by atoms with Gasteiger partial charge in [0.1, 0.15) is 18.8 Å².